The first-order valence-electron chi connectivity index (χ1n) is 4.64. The smallest absolute Gasteiger partial charge is 0.349 e. The summed E-state index contributed by atoms with van der Waals surface area (Å²) < 4.78 is 4.87. The number of aliphatic carboxylic acids is 1. The molecular formula is C11H11BrO4. The van der Waals surface area contributed by atoms with Crippen molar-refractivity contribution in [2.75, 3.05) is 0 Å². The van der Waals surface area contributed by atoms with Gasteiger partial charge in [0.2, 0.25) is 6.10 Å². The lowest BCUT2D eigenvalue weighted by Crippen LogP contribution is -2.23. The topological polar surface area (TPSA) is 63.6 Å². The van der Waals surface area contributed by atoms with Crippen LogP contribution in [0.3, 0.4) is 0 Å². The minimum absolute atomic E-state index is 0.441. The minimum atomic E-state index is -1.26. The van der Waals surface area contributed by atoms with Crippen LogP contribution in [-0.2, 0) is 14.3 Å². The van der Waals surface area contributed by atoms with Gasteiger partial charge in [-0.2, -0.15) is 0 Å². The van der Waals surface area contributed by atoms with Crippen LogP contribution < -0.4 is 0 Å². The Morgan fingerprint density at radius 1 is 1.31 bits per heavy atom. The molecule has 0 radical (unpaired) electrons. The lowest BCUT2D eigenvalue weighted by molar-refractivity contribution is -0.163. The van der Waals surface area contributed by atoms with Crippen LogP contribution in [0.2, 0.25) is 0 Å². The lowest BCUT2D eigenvalue weighted by atomic mass is 10.1. The summed E-state index contributed by atoms with van der Waals surface area (Å²) in [4.78, 5) is 21.7. The van der Waals surface area contributed by atoms with Crippen molar-refractivity contribution in [1.82, 2.24) is 0 Å². The van der Waals surface area contributed by atoms with Gasteiger partial charge in [-0.3, -0.25) is 4.79 Å². The summed E-state index contributed by atoms with van der Waals surface area (Å²) >= 11 is 3.02. The number of benzene rings is 1. The Bertz CT molecular complexity index is 375. The molecule has 0 bridgehead atoms. The number of carbonyl (C=O) groups excluding carboxylic acids is 1. The number of halogens is 1. The van der Waals surface area contributed by atoms with Gasteiger partial charge < -0.3 is 9.84 Å². The Labute approximate surface area is 101 Å². The predicted molar refractivity (Wildman–Crippen MR) is 61.3 cm³/mol. The van der Waals surface area contributed by atoms with Crippen molar-refractivity contribution in [3.63, 3.8) is 0 Å². The van der Waals surface area contributed by atoms with Gasteiger partial charge in [-0.05, 0) is 6.92 Å². The number of carboxylic acids is 1. The molecule has 4 nitrogen and oxygen atoms in total. The van der Waals surface area contributed by atoms with Gasteiger partial charge in [-0.15, -0.1) is 0 Å². The molecule has 1 N–H and O–H groups in total. The van der Waals surface area contributed by atoms with Gasteiger partial charge in [-0.1, -0.05) is 46.3 Å². The van der Waals surface area contributed by atoms with Gasteiger partial charge in [0.1, 0.15) is 4.83 Å². The Kier molecular flexibility index (Phi) is 4.49. The molecule has 0 heterocycles. The number of hydrogen-bond donors (Lipinski definition) is 1. The molecule has 16 heavy (non-hydrogen) atoms. The van der Waals surface area contributed by atoms with Crippen LogP contribution in [0.4, 0.5) is 0 Å². The summed E-state index contributed by atoms with van der Waals surface area (Å²) in [6, 6.07) is 8.35. The van der Waals surface area contributed by atoms with Gasteiger partial charge in [0.05, 0.1) is 0 Å². The van der Waals surface area contributed by atoms with Crippen LogP contribution in [-0.4, -0.2) is 21.9 Å². The summed E-state index contributed by atoms with van der Waals surface area (Å²) in [5.74, 6) is -1.79. The second-order valence-electron chi connectivity index (χ2n) is 3.18. The zero-order valence-corrected chi connectivity index (χ0v) is 10.2. The molecule has 86 valence electrons. The van der Waals surface area contributed by atoms with Crippen molar-refractivity contribution in [3.8, 4) is 0 Å². The number of carboxylic acid groups (broad SMARTS) is 1. The summed E-state index contributed by atoms with van der Waals surface area (Å²) in [5, 5.41) is 8.96. The van der Waals surface area contributed by atoms with E-state index in [4.69, 9.17) is 9.84 Å². The van der Waals surface area contributed by atoms with E-state index in [0.29, 0.717) is 5.56 Å². The number of esters is 1. The highest BCUT2D eigenvalue weighted by molar-refractivity contribution is 9.10. The molecule has 0 spiro atoms. The number of hydrogen-bond acceptors (Lipinski definition) is 3. The maximum Gasteiger partial charge on any atom is 0.349 e. The number of rotatable bonds is 4. The van der Waals surface area contributed by atoms with Crippen molar-refractivity contribution in [3.05, 3.63) is 35.9 Å². The summed E-state index contributed by atoms with van der Waals surface area (Å²) in [7, 11) is 0. The fourth-order valence-electron chi connectivity index (χ4n) is 1.10. The van der Waals surface area contributed by atoms with E-state index in [0.717, 1.165) is 0 Å². The minimum Gasteiger partial charge on any atom is -0.478 e. The SMILES string of the molecule is C[C@H](Br)C(=O)O[C@H](C(=O)O)c1ccccc1. The van der Waals surface area contributed by atoms with Crippen LogP contribution in [0.1, 0.15) is 18.6 Å². The number of ether oxygens (including phenoxy) is 1. The lowest BCUT2D eigenvalue weighted by Gasteiger charge is -2.14. The summed E-state index contributed by atoms with van der Waals surface area (Å²) in [6.07, 6.45) is -1.26. The maximum atomic E-state index is 11.3. The Balaban J connectivity index is 2.85. The molecule has 1 aromatic carbocycles. The van der Waals surface area contributed by atoms with Crippen LogP contribution >= 0.6 is 15.9 Å². The molecule has 0 aliphatic carbocycles. The number of carbonyl (C=O) groups is 2. The third-order valence-corrected chi connectivity index (χ3v) is 2.26. The molecule has 0 unspecified atom stereocenters. The Morgan fingerprint density at radius 3 is 2.31 bits per heavy atom. The Hall–Kier alpha value is -1.36. The van der Waals surface area contributed by atoms with E-state index in [1.54, 1.807) is 37.3 Å². The molecule has 1 rings (SSSR count). The normalized spacial score (nSPS) is 13.9. The van der Waals surface area contributed by atoms with E-state index in [2.05, 4.69) is 15.9 Å². The zero-order valence-electron chi connectivity index (χ0n) is 8.59. The molecule has 0 amide bonds. The molecule has 0 aliphatic heterocycles. The van der Waals surface area contributed by atoms with Crippen molar-refractivity contribution in [1.29, 1.82) is 0 Å². The fourth-order valence-corrected chi connectivity index (χ4v) is 1.21. The van der Waals surface area contributed by atoms with Crippen molar-refractivity contribution in [2.45, 2.75) is 17.9 Å². The van der Waals surface area contributed by atoms with E-state index in [-0.39, 0.29) is 0 Å². The third kappa shape index (κ3) is 3.34. The first-order valence-corrected chi connectivity index (χ1v) is 5.56. The van der Waals surface area contributed by atoms with Gasteiger partial charge in [-0.25, -0.2) is 4.79 Å². The molecule has 0 fully saturated rings. The zero-order chi connectivity index (χ0) is 12.1. The molecule has 0 saturated carbocycles. The molecule has 0 saturated heterocycles. The van der Waals surface area contributed by atoms with Gasteiger partial charge in [0.15, 0.2) is 0 Å². The quantitative estimate of drug-likeness (QED) is 0.680. The molecule has 0 aromatic heterocycles. The molecule has 5 heteroatoms. The summed E-state index contributed by atoms with van der Waals surface area (Å²) in [5.41, 5.74) is 0.441. The average molecular weight is 287 g/mol. The first-order chi connectivity index (χ1) is 7.52. The van der Waals surface area contributed by atoms with Crippen molar-refractivity contribution < 1.29 is 19.4 Å². The van der Waals surface area contributed by atoms with E-state index in [9.17, 15) is 9.59 Å². The molecular weight excluding hydrogens is 276 g/mol. The second kappa shape index (κ2) is 5.65. The monoisotopic (exact) mass is 286 g/mol. The highest BCUT2D eigenvalue weighted by Gasteiger charge is 2.25. The van der Waals surface area contributed by atoms with Crippen molar-refractivity contribution >= 4 is 27.9 Å². The van der Waals surface area contributed by atoms with Gasteiger partial charge >= 0.3 is 11.9 Å². The van der Waals surface area contributed by atoms with Crippen LogP contribution in [0.15, 0.2) is 30.3 Å². The summed E-state index contributed by atoms with van der Waals surface area (Å²) in [6.45, 7) is 1.58. The van der Waals surface area contributed by atoms with Gasteiger partial charge in [0, 0.05) is 5.56 Å². The van der Waals surface area contributed by atoms with E-state index in [1.807, 2.05) is 0 Å². The maximum absolute atomic E-state index is 11.3. The first kappa shape index (κ1) is 12.7. The van der Waals surface area contributed by atoms with E-state index in [1.165, 1.54) is 0 Å². The predicted octanol–water partition coefficient (Wildman–Crippen LogP) is 2.14. The van der Waals surface area contributed by atoms with E-state index >= 15 is 0 Å². The fraction of sp³-hybridized carbons (Fsp3) is 0.273. The average Bonchev–Trinajstić information content (AvgIpc) is 2.26. The molecule has 2 atom stereocenters. The van der Waals surface area contributed by atoms with Crippen LogP contribution in [0.5, 0.6) is 0 Å². The Morgan fingerprint density at radius 2 is 1.88 bits per heavy atom. The highest BCUT2D eigenvalue weighted by Crippen LogP contribution is 2.19. The largest absolute Gasteiger partial charge is 0.478 e. The third-order valence-electron chi connectivity index (χ3n) is 1.89. The standard InChI is InChI=1S/C11H11BrO4/c1-7(12)11(15)16-9(10(13)14)8-5-3-2-4-6-8/h2-7,9H,1H3,(H,13,14)/t7-,9-/m0/s1. The number of alkyl halides is 1. The van der Waals surface area contributed by atoms with Crippen LogP contribution in [0, 0.1) is 0 Å². The van der Waals surface area contributed by atoms with Crippen LogP contribution in [0.25, 0.3) is 0 Å². The van der Waals surface area contributed by atoms with E-state index < -0.39 is 22.9 Å². The molecule has 0 aliphatic rings. The molecule has 1 aromatic rings. The highest BCUT2D eigenvalue weighted by atomic mass is 79.9. The van der Waals surface area contributed by atoms with Gasteiger partial charge in [0.25, 0.3) is 0 Å². The second-order valence-corrected chi connectivity index (χ2v) is 4.56. The van der Waals surface area contributed by atoms with Crippen molar-refractivity contribution in [2.24, 2.45) is 0 Å².